The molecule has 4 nitrogen and oxygen atoms in total. The van der Waals surface area contributed by atoms with Crippen LogP contribution < -0.4 is 10.1 Å². The average Bonchev–Trinajstić information content (AvgIpc) is 3.21. The first-order valence-corrected chi connectivity index (χ1v) is 6.72. The number of hydrogen-bond donors (Lipinski definition) is 1. The molecule has 0 aliphatic carbocycles. The topological polar surface area (TPSA) is 50.9 Å². The van der Waals surface area contributed by atoms with Crippen LogP contribution in [-0.4, -0.2) is 25.2 Å². The van der Waals surface area contributed by atoms with E-state index in [4.69, 9.17) is 9.47 Å². The Bertz CT molecular complexity index is 559. The van der Waals surface area contributed by atoms with E-state index in [0.717, 1.165) is 34.7 Å². The van der Waals surface area contributed by atoms with Gasteiger partial charge in [-0.15, -0.1) is 0 Å². The molecule has 20 heavy (non-hydrogen) atoms. The molecule has 1 unspecified atom stereocenters. The highest BCUT2D eigenvalue weighted by Gasteiger charge is 2.24. The van der Waals surface area contributed by atoms with E-state index in [-0.39, 0.29) is 12.0 Å². The molecule has 1 aliphatic rings. The highest BCUT2D eigenvalue weighted by atomic mass is 16.6. The molecule has 1 amide bonds. The molecule has 108 valence electrons. The van der Waals surface area contributed by atoms with Crippen LogP contribution in [0.4, 0.5) is 5.69 Å². The van der Waals surface area contributed by atoms with Gasteiger partial charge in [0.2, 0.25) is 0 Å². The van der Waals surface area contributed by atoms with Crippen molar-refractivity contribution in [1.82, 2.24) is 0 Å². The van der Waals surface area contributed by atoms with Crippen LogP contribution in [0.15, 0.2) is 18.2 Å². The van der Waals surface area contributed by atoms with Gasteiger partial charge in [0.05, 0.1) is 6.61 Å². The van der Waals surface area contributed by atoms with Crippen molar-refractivity contribution in [3.8, 4) is 5.75 Å². The quantitative estimate of drug-likeness (QED) is 0.664. The molecule has 0 saturated carbocycles. The van der Waals surface area contributed by atoms with Gasteiger partial charge in [0.25, 0.3) is 5.91 Å². The molecule has 0 spiro atoms. The van der Waals surface area contributed by atoms with Crippen molar-refractivity contribution >= 4 is 11.6 Å². The largest absolute Gasteiger partial charge is 0.490 e. The molecule has 1 aromatic carbocycles. The van der Waals surface area contributed by atoms with Crippen molar-refractivity contribution in [2.45, 2.75) is 33.8 Å². The number of epoxide rings is 1. The zero-order valence-electron chi connectivity index (χ0n) is 12.5. The maximum atomic E-state index is 11.8. The lowest BCUT2D eigenvalue weighted by Gasteiger charge is -2.17. The Hall–Kier alpha value is -1.81. The van der Waals surface area contributed by atoms with Crippen LogP contribution >= 0.6 is 0 Å². The molecule has 0 radical (unpaired) electrons. The zero-order valence-corrected chi connectivity index (χ0v) is 12.5. The predicted octanol–water partition coefficient (Wildman–Crippen LogP) is 2.90. The fourth-order valence-corrected chi connectivity index (χ4v) is 1.95. The molecular formula is C16H21NO3. The van der Waals surface area contributed by atoms with Crippen molar-refractivity contribution in [3.63, 3.8) is 0 Å². The number of carbonyl (C=O) groups excluding carboxylic acids is 1. The summed E-state index contributed by atoms with van der Waals surface area (Å²) < 4.78 is 10.9. The summed E-state index contributed by atoms with van der Waals surface area (Å²) in [7, 11) is 0. The Balaban J connectivity index is 2.22. The highest BCUT2D eigenvalue weighted by Crippen LogP contribution is 2.32. The third-order valence-corrected chi connectivity index (χ3v) is 3.50. The van der Waals surface area contributed by atoms with Gasteiger partial charge in [-0.1, -0.05) is 6.58 Å². The van der Waals surface area contributed by atoms with Gasteiger partial charge in [0, 0.05) is 11.3 Å². The molecule has 1 heterocycles. The van der Waals surface area contributed by atoms with E-state index in [1.165, 1.54) is 0 Å². The standard InChI is InChI=1S/C16H21NO3/c1-9(2)16(18)17-15-10(3)6-14(11(4)12(15)5)20-8-13-7-19-13/h6,13H,1,7-8H2,2-5H3,(H,17,18). The van der Waals surface area contributed by atoms with Gasteiger partial charge in [0.15, 0.2) is 0 Å². The van der Waals surface area contributed by atoms with Gasteiger partial charge < -0.3 is 14.8 Å². The van der Waals surface area contributed by atoms with E-state index in [2.05, 4.69) is 11.9 Å². The second-order valence-electron chi connectivity index (χ2n) is 5.32. The van der Waals surface area contributed by atoms with Crippen molar-refractivity contribution in [3.05, 3.63) is 34.9 Å². The monoisotopic (exact) mass is 275 g/mol. The minimum absolute atomic E-state index is 0.157. The third kappa shape index (κ3) is 3.20. The minimum atomic E-state index is -0.157. The molecule has 1 aliphatic heterocycles. The number of aryl methyl sites for hydroxylation is 1. The molecule has 0 aromatic heterocycles. The van der Waals surface area contributed by atoms with Gasteiger partial charge in [-0.05, 0) is 50.5 Å². The zero-order chi connectivity index (χ0) is 14.9. The first-order chi connectivity index (χ1) is 9.40. The van der Waals surface area contributed by atoms with Gasteiger partial charge in [-0.3, -0.25) is 4.79 Å². The number of nitrogens with one attached hydrogen (secondary N) is 1. The summed E-state index contributed by atoms with van der Waals surface area (Å²) in [6, 6.07) is 1.96. The number of anilines is 1. The van der Waals surface area contributed by atoms with Crippen LogP contribution in [0.3, 0.4) is 0 Å². The fraction of sp³-hybridized carbons (Fsp3) is 0.438. The Morgan fingerprint density at radius 1 is 1.45 bits per heavy atom. The molecule has 0 bridgehead atoms. The number of ether oxygens (including phenoxy) is 2. The number of hydrogen-bond acceptors (Lipinski definition) is 3. The van der Waals surface area contributed by atoms with E-state index in [1.807, 2.05) is 26.8 Å². The van der Waals surface area contributed by atoms with Crippen molar-refractivity contribution in [2.75, 3.05) is 18.5 Å². The first-order valence-electron chi connectivity index (χ1n) is 6.72. The van der Waals surface area contributed by atoms with E-state index >= 15 is 0 Å². The van der Waals surface area contributed by atoms with Crippen LogP contribution in [0.25, 0.3) is 0 Å². The summed E-state index contributed by atoms with van der Waals surface area (Å²) in [6.45, 7) is 12.6. The fourth-order valence-electron chi connectivity index (χ4n) is 1.95. The van der Waals surface area contributed by atoms with Crippen LogP contribution in [0.5, 0.6) is 5.75 Å². The molecule has 2 rings (SSSR count). The highest BCUT2D eigenvalue weighted by molar-refractivity contribution is 6.03. The summed E-state index contributed by atoms with van der Waals surface area (Å²) in [6.07, 6.45) is 0.234. The van der Waals surface area contributed by atoms with E-state index in [9.17, 15) is 4.79 Å². The van der Waals surface area contributed by atoms with Crippen LogP contribution in [-0.2, 0) is 9.53 Å². The number of carbonyl (C=O) groups is 1. The van der Waals surface area contributed by atoms with Gasteiger partial charge in [-0.25, -0.2) is 0 Å². The van der Waals surface area contributed by atoms with E-state index in [0.29, 0.717) is 12.2 Å². The Morgan fingerprint density at radius 3 is 2.65 bits per heavy atom. The third-order valence-electron chi connectivity index (χ3n) is 3.50. The Labute approximate surface area is 119 Å². The second-order valence-corrected chi connectivity index (χ2v) is 5.32. The molecule has 1 fully saturated rings. The molecule has 4 heteroatoms. The first kappa shape index (κ1) is 14.6. The van der Waals surface area contributed by atoms with E-state index in [1.54, 1.807) is 6.92 Å². The van der Waals surface area contributed by atoms with Crippen molar-refractivity contribution < 1.29 is 14.3 Å². The van der Waals surface area contributed by atoms with Gasteiger partial charge in [-0.2, -0.15) is 0 Å². The van der Waals surface area contributed by atoms with E-state index < -0.39 is 0 Å². The maximum absolute atomic E-state index is 11.8. The smallest absolute Gasteiger partial charge is 0.250 e. The summed E-state index contributed by atoms with van der Waals surface area (Å²) in [5, 5.41) is 2.90. The number of rotatable bonds is 5. The maximum Gasteiger partial charge on any atom is 0.250 e. The second kappa shape index (κ2) is 5.67. The predicted molar refractivity (Wildman–Crippen MR) is 79.3 cm³/mol. The van der Waals surface area contributed by atoms with Crippen LogP contribution in [0.1, 0.15) is 23.6 Å². The summed E-state index contributed by atoms with van der Waals surface area (Å²) in [5.41, 5.74) is 4.37. The number of benzene rings is 1. The molecular weight excluding hydrogens is 254 g/mol. The number of amides is 1. The van der Waals surface area contributed by atoms with Gasteiger partial charge >= 0.3 is 0 Å². The minimum Gasteiger partial charge on any atom is -0.490 e. The lowest BCUT2D eigenvalue weighted by molar-refractivity contribution is -0.112. The molecule has 1 aromatic rings. The summed E-state index contributed by atoms with van der Waals surface area (Å²) >= 11 is 0. The lowest BCUT2D eigenvalue weighted by Crippen LogP contribution is -2.15. The van der Waals surface area contributed by atoms with Crippen LogP contribution in [0.2, 0.25) is 0 Å². The molecule has 1 saturated heterocycles. The summed E-state index contributed by atoms with van der Waals surface area (Å²) in [4.78, 5) is 11.8. The molecule has 1 N–H and O–H groups in total. The average molecular weight is 275 g/mol. The van der Waals surface area contributed by atoms with Gasteiger partial charge in [0.1, 0.15) is 18.5 Å². The SMILES string of the molecule is C=C(C)C(=O)Nc1c(C)cc(OCC2CO2)c(C)c1C. The summed E-state index contributed by atoms with van der Waals surface area (Å²) in [5.74, 6) is 0.694. The van der Waals surface area contributed by atoms with Crippen LogP contribution in [0, 0.1) is 20.8 Å². The van der Waals surface area contributed by atoms with Crippen molar-refractivity contribution in [1.29, 1.82) is 0 Å². The lowest BCUT2D eigenvalue weighted by atomic mass is 10.0. The molecule has 1 atom stereocenters. The Morgan fingerprint density at radius 2 is 2.10 bits per heavy atom. The van der Waals surface area contributed by atoms with Crippen molar-refractivity contribution in [2.24, 2.45) is 0 Å². The normalized spacial score (nSPS) is 16.7. The Kier molecular flexibility index (Phi) is 4.14.